The zero-order chi connectivity index (χ0) is 18.9. The SMILES string of the molecule is N#Cc1cc(F)cc(C(O)C(O)CCNC(=O)OCc2ccccc2)c1. The van der Waals surface area contributed by atoms with Gasteiger partial charge in [0.2, 0.25) is 0 Å². The van der Waals surface area contributed by atoms with Crippen molar-refractivity contribution in [3.63, 3.8) is 0 Å². The standard InChI is InChI=1S/C19H19FN2O4/c20-16-9-14(11-21)8-15(10-16)18(24)17(23)6-7-22-19(25)26-12-13-4-2-1-3-5-13/h1-5,8-10,17-18,23-24H,6-7,12H2,(H,22,25). The highest BCUT2D eigenvalue weighted by Gasteiger charge is 2.20. The van der Waals surface area contributed by atoms with Crippen molar-refractivity contribution in [3.8, 4) is 6.07 Å². The highest BCUT2D eigenvalue weighted by atomic mass is 19.1. The first-order chi connectivity index (χ1) is 12.5. The number of halogens is 1. The Balaban J connectivity index is 1.77. The van der Waals surface area contributed by atoms with Crippen LogP contribution in [-0.2, 0) is 11.3 Å². The highest BCUT2D eigenvalue weighted by Crippen LogP contribution is 2.21. The van der Waals surface area contributed by atoms with Crippen LogP contribution in [0, 0.1) is 17.1 Å². The number of ether oxygens (including phenoxy) is 1. The minimum Gasteiger partial charge on any atom is -0.445 e. The minimum atomic E-state index is -1.38. The molecule has 136 valence electrons. The van der Waals surface area contributed by atoms with Crippen molar-refractivity contribution in [2.24, 2.45) is 0 Å². The first-order valence-corrected chi connectivity index (χ1v) is 8.01. The van der Waals surface area contributed by atoms with Gasteiger partial charge in [-0.3, -0.25) is 0 Å². The van der Waals surface area contributed by atoms with Crippen LogP contribution in [0.3, 0.4) is 0 Å². The van der Waals surface area contributed by atoms with Crippen molar-refractivity contribution in [1.29, 1.82) is 5.26 Å². The van der Waals surface area contributed by atoms with Crippen LogP contribution in [0.1, 0.15) is 29.2 Å². The number of aliphatic hydroxyl groups is 2. The van der Waals surface area contributed by atoms with E-state index in [4.69, 9.17) is 10.00 Å². The fraction of sp³-hybridized carbons (Fsp3) is 0.263. The van der Waals surface area contributed by atoms with Crippen LogP contribution in [0.15, 0.2) is 48.5 Å². The van der Waals surface area contributed by atoms with E-state index in [1.807, 2.05) is 30.3 Å². The van der Waals surface area contributed by atoms with Crippen molar-refractivity contribution in [3.05, 3.63) is 71.0 Å². The summed E-state index contributed by atoms with van der Waals surface area (Å²) < 4.78 is 18.4. The summed E-state index contributed by atoms with van der Waals surface area (Å²) in [6.07, 6.45) is -3.23. The van der Waals surface area contributed by atoms with E-state index in [1.54, 1.807) is 6.07 Å². The van der Waals surface area contributed by atoms with Gasteiger partial charge in [0, 0.05) is 6.54 Å². The first kappa shape index (κ1) is 19.4. The molecule has 2 aromatic rings. The predicted octanol–water partition coefficient (Wildman–Crippen LogP) is 2.41. The number of hydrogen-bond acceptors (Lipinski definition) is 5. The monoisotopic (exact) mass is 358 g/mol. The van der Waals surface area contributed by atoms with E-state index in [-0.39, 0.29) is 30.7 Å². The van der Waals surface area contributed by atoms with Crippen molar-refractivity contribution in [2.75, 3.05) is 6.54 Å². The normalized spacial score (nSPS) is 12.7. The molecule has 0 aromatic heterocycles. The number of nitriles is 1. The summed E-state index contributed by atoms with van der Waals surface area (Å²) in [4.78, 5) is 11.6. The van der Waals surface area contributed by atoms with E-state index in [2.05, 4.69) is 5.32 Å². The molecule has 0 saturated carbocycles. The van der Waals surface area contributed by atoms with Gasteiger partial charge in [-0.1, -0.05) is 30.3 Å². The summed E-state index contributed by atoms with van der Waals surface area (Å²) in [5.74, 6) is -0.673. The third-order valence-electron chi connectivity index (χ3n) is 3.68. The molecule has 0 saturated heterocycles. The van der Waals surface area contributed by atoms with E-state index in [9.17, 15) is 19.4 Å². The van der Waals surface area contributed by atoms with Crippen LogP contribution in [-0.4, -0.2) is 29.0 Å². The van der Waals surface area contributed by atoms with Crippen LogP contribution in [0.2, 0.25) is 0 Å². The number of alkyl carbamates (subject to hydrolysis) is 1. The average Bonchev–Trinajstić information content (AvgIpc) is 2.65. The Kier molecular flexibility index (Phi) is 7.09. The molecule has 1 amide bonds. The van der Waals surface area contributed by atoms with Gasteiger partial charge in [0.05, 0.1) is 17.7 Å². The third kappa shape index (κ3) is 5.84. The van der Waals surface area contributed by atoms with Crippen molar-refractivity contribution >= 4 is 6.09 Å². The van der Waals surface area contributed by atoms with Gasteiger partial charge in [-0.25, -0.2) is 9.18 Å². The highest BCUT2D eigenvalue weighted by molar-refractivity contribution is 5.67. The maximum Gasteiger partial charge on any atom is 0.407 e. The molecule has 0 bridgehead atoms. The molecule has 7 heteroatoms. The van der Waals surface area contributed by atoms with Crippen LogP contribution < -0.4 is 5.32 Å². The number of amides is 1. The zero-order valence-electron chi connectivity index (χ0n) is 13.9. The molecule has 2 aromatic carbocycles. The largest absolute Gasteiger partial charge is 0.445 e. The number of nitrogens with zero attached hydrogens (tertiary/aromatic N) is 1. The number of carbonyl (C=O) groups excluding carboxylic acids is 1. The summed E-state index contributed by atoms with van der Waals surface area (Å²) in [6.45, 7) is 0.185. The molecule has 0 spiro atoms. The number of carbonyl (C=O) groups is 1. The maximum atomic E-state index is 13.4. The van der Waals surface area contributed by atoms with Gasteiger partial charge in [-0.2, -0.15) is 5.26 Å². The lowest BCUT2D eigenvalue weighted by Crippen LogP contribution is -2.29. The summed E-state index contributed by atoms with van der Waals surface area (Å²) >= 11 is 0. The lowest BCUT2D eigenvalue weighted by Gasteiger charge is -2.18. The number of aliphatic hydroxyl groups excluding tert-OH is 2. The molecule has 2 atom stereocenters. The number of rotatable bonds is 7. The molecule has 6 nitrogen and oxygen atoms in total. The fourth-order valence-electron chi connectivity index (χ4n) is 2.32. The Bertz CT molecular complexity index is 777. The molecular formula is C19H19FN2O4. The maximum absolute atomic E-state index is 13.4. The predicted molar refractivity (Wildman–Crippen MR) is 91.3 cm³/mol. The van der Waals surface area contributed by atoms with E-state index < -0.39 is 24.1 Å². The molecule has 2 rings (SSSR count). The number of benzene rings is 2. The molecule has 3 N–H and O–H groups in total. The van der Waals surface area contributed by atoms with Gasteiger partial charge in [-0.05, 0) is 35.7 Å². The number of nitrogens with one attached hydrogen (secondary N) is 1. The molecular weight excluding hydrogens is 339 g/mol. The molecule has 0 aliphatic rings. The van der Waals surface area contributed by atoms with Crippen molar-refractivity contribution in [1.82, 2.24) is 5.32 Å². The molecule has 0 aliphatic carbocycles. The van der Waals surface area contributed by atoms with Crippen LogP contribution in [0.5, 0.6) is 0 Å². The smallest absolute Gasteiger partial charge is 0.407 e. The Morgan fingerprint density at radius 2 is 1.96 bits per heavy atom. The molecule has 0 heterocycles. The van der Waals surface area contributed by atoms with Crippen molar-refractivity contribution in [2.45, 2.75) is 25.2 Å². The summed E-state index contributed by atoms with van der Waals surface area (Å²) in [6, 6.07) is 14.3. The summed E-state index contributed by atoms with van der Waals surface area (Å²) in [7, 11) is 0. The van der Waals surface area contributed by atoms with Gasteiger partial charge in [0.15, 0.2) is 0 Å². The van der Waals surface area contributed by atoms with Gasteiger partial charge >= 0.3 is 6.09 Å². The second-order valence-corrected chi connectivity index (χ2v) is 5.67. The fourth-order valence-corrected chi connectivity index (χ4v) is 2.32. The molecule has 0 aliphatic heterocycles. The molecule has 26 heavy (non-hydrogen) atoms. The van der Waals surface area contributed by atoms with Gasteiger partial charge in [0.25, 0.3) is 0 Å². The molecule has 2 unspecified atom stereocenters. The Morgan fingerprint density at radius 3 is 2.65 bits per heavy atom. The van der Waals surface area contributed by atoms with Gasteiger partial charge in [-0.15, -0.1) is 0 Å². The van der Waals surface area contributed by atoms with E-state index in [0.29, 0.717) is 0 Å². The Morgan fingerprint density at radius 1 is 1.23 bits per heavy atom. The topological polar surface area (TPSA) is 103 Å². The summed E-state index contributed by atoms with van der Waals surface area (Å²) in [5, 5.41) is 31.4. The Labute approximate surface area is 150 Å². The van der Waals surface area contributed by atoms with E-state index in [0.717, 1.165) is 17.7 Å². The second-order valence-electron chi connectivity index (χ2n) is 5.67. The third-order valence-corrected chi connectivity index (χ3v) is 3.68. The van der Waals surface area contributed by atoms with Crippen molar-refractivity contribution < 1.29 is 24.1 Å². The van der Waals surface area contributed by atoms with Crippen LogP contribution >= 0.6 is 0 Å². The summed E-state index contributed by atoms with van der Waals surface area (Å²) in [5.41, 5.74) is 0.993. The van der Waals surface area contributed by atoms with E-state index >= 15 is 0 Å². The second kappa shape index (κ2) is 9.51. The Hall–Kier alpha value is -2.95. The molecule has 0 fully saturated rings. The number of hydrogen-bond donors (Lipinski definition) is 3. The zero-order valence-corrected chi connectivity index (χ0v) is 13.9. The van der Waals surface area contributed by atoms with Crippen LogP contribution in [0.25, 0.3) is 0 Å². The van der Waals surface area contributed by atoms with Gasteiger partial charge < -0.3 is 20.3 Å². The average molecular weight is 358 g/mol. The van der Waals surface area contributed by atoms with Crippen LogP contribution in [0.4, 0.5) is 9.18 Å². The lowest BCUT2D eigenvalue weighted by atomic mass is 10.00. The van der Waals surface area contributed by atoms with Gasteiger partial charge in [0.1, 0.15) is 18.5 Å². The van der Waals surface area contributed by atoms with E-state index in [1.165, 1.54) is 6.07 Å². The lowest BCUT2D eigenvalue weighted by molar-refractivity contribution is 0.0135. The minimum absolute atomic E-state index is 0.0278. The first-order valence-electron chi connectivity index (χ1n) is 8.01. The quantitative estimate of drug-likeness (QED) is 0.705. The molecule has 0 radical (unpaired) electrons.